The van der Waals surface area contributed by atoms with Gasteiger partial charge in [-0.3, -0.25) is 0 Å². The average Bonchev–Trinajstić information content (AvgIpc) is 3.80. The SMILES string of the molecule is c1ccc(-c2c(-c3cccc(N(c4ccc(-c5ccc(-c6cccc7ccccc67)cc5)cc4)c4ccc(-c5cccc6oc7ccccc7c56)cc4)c3)c3ccccc3c3ccccc23)cc1. The Morgan fingerprint density at radius 3 is 1.41 bits per heavy atom. The second kappa shape index (κ2) is 16.5. The molecule has 2 nitrogen and oxygen atoms in total. The summed E-state index contributed by atoms with van der Waals surface area (Å²) in [5.74, 6) is 0. The average molecular weight is 866 g/mol. The fourth-order valence-electron chi connectivity index (χ4n) is 10.5. The van der Waals surface area contributed by atoms with E-state index < -0.39 is 0 Å². The third-order valence-corrected chi connectivity index (χ3v) is 13.7. The Balaban J connectivity index is 0.946. The van der Waals surface area contributed by atoms with Crippen LogP contribution in [0.25, 0.3) is 110 Å². The fraction of sp³-hybridized carbons (Fsp3) is 0. The van der Waals surface area contributed by atoms with E-state index in [1.54, 1.807) is 0 Å². The van der Waals surface area contributed by atoms with Gasteiger partial charge in [0.1, 0.15) is 11.2 Å². The number of para-hydroxylation sites is 1. The quantitative estimate of drug-likeness (QED) is 0.142. The third kappa shape index (κ3) is 6.73. The number of benzene rings is 12. The van der Waals surface area contributed by atoms with Crippen molar-refractivity contribution in [2.45, 2.75) is 0 Å². The van der Waals surface area contributed by atoms with Crippen LogP contribution in [0.3, 0.4) is 0 Å². The molecule has 0 radical (unpaired) electrons. The molecule has 13 aromatic rings. The van der Waals surface area contributed by atoms with E-state index in [1.165, 1.54) is 65.7 Å². The van der Waals surface area contributed by atoms with Crippen LogP contribution in [0.1, 0.15) is 0 Å². The monoisotopic (exact) mass is 865 g/mol. The summed E-state index contributed by atoms with van der Waals surface area (Å²) >= 11 is 0. The number of fused-ring (bicyclic) bond motifs is 7. The van der Waals surface area contributed by atoms with Gasteiger partial charge in [0.05, 0.1) is 0 Å². The Labute approximate surface area is 395 Å². The summed E-state index contributed by atoms with van der Waals surface area (Å²) in [6, 6.07) is 94.5. The van der Waals surface area contributed by atoms with Gasteiger partial charge in [0.25, 0.3) is 0 Å². The van der Waals surface area contributed by atoms with Crippen LogP contribution in [-0.2, 0) is 0 Å². The highest BCUT2D eigenvalue weighted by Crippen LogP contribution is 2.47. The summed E-state index contributed by atoms with van der Waals surface area (Å²) in [7, 11) is 0. The van der Waals surface area contributed by atoms with Crippen molar-refractivity contribution in [2.24, 2.45) is 0 Å². The summed E-state index contributed by atoms with van der Waals surface area (Å²) < 4.78 is 6.30. The van der Waals surface area contributed by atoms with Crippen molar-refractivity contribution in [3.8, 4) is 55.6 Å². The second-order valence-electron chi connectivity index (χ2n) is 17.6. The van der Waals surface area contributed by atoms with Crippen molar-refractivity contribution in [3.05, 3.63) is 261 Å². The van der Waals surface area contributed by atoms with Gasteiger partial charge in [-0.25, -0.2) is 0 Å². The lowest BCUT2D eigenvalue weighted by molar-refractivity contribution is 0.669. The van der Waals surface area contributed by atoms with Crippen molar-refractivity contribution in [3.63, 3.8) is 0 Å². The van der Waals surface area contributed by atoms with E-state index in [-0.39, 0.29) is 0 Å². The van der Waals surface area contributed by atoms with Crippen LogP contribution in [0.2, 0.25) is 0 Å². The summed E-state index contributed by atoms with van der Waals surface area (Å²) in [5, 5.41) is 9.75. The highest BCUT2D eigenvalue weighted by atomic mass is 16.3. The molecule has 0 saturated carbocycles. The van der Waals surface area contributed by atoms with Crippen LogP contribution in [0.15, 0.2) is 265 Å². The van der Waals surface area contributed by atoms with Crippen LogP contribution in [0, 0.1) is 0 Å². The molecule has 1 heterocycles. The topological polar surface area (TPSA) is 16.4 Å². The minimum Gasteiger partial charge on any atom is -0.456 e. The first kappa shape index (κ1) is 39.4. The highest BCUT2D eigenvalue weighted by molar-refractivity contribution is 6.21. The van der Waals surface area contributed by atoms with Crippen LogP contribution in [0.5, 0.6) is 0 Å². The van der Waals surface area contributed by atoms with Crippen LogP contribution in [0.4, 0.5) is 17.1 Å². The Kier molecular flexibility index (Phi) is 9.54. The number of rotatable bonds is 8. The predicted molar refractivity (Wildman–Crippen MR) is 288 cm³/mol. The van der Waals surface area contributed by atoms with Gasteiger partial charge in [-0.1, -0.05) is 212 Å². The standard InChI is InChI=1S/C66H43NO/c1-2-16-49(17-3-1)64-59-24-8-6-22-57(59)58-23-7-9-25-60(58)65(64)50-19-12-20-53(43-50)67(52-41-37-48(38-42-52)56-28-14-30-63-66(56)61-26-10-11-29-62(61)68-63)51-39-35-45(36-40-51)44-31-33-47(34-32-44)55-27-13-18-46-15-4-5-21-54(46)55/h1-43H. The Hall–Kier alpha value is -8.98. The molecule has 0 spiro atoms. The number of nitrogens with zero attached hydrogens (tertiary/aromatic N) is 1. The number of furan rings is 1. The molecule has 0 amide bonds. The fourth-order valence-corrected chi connectivity index (χ4v) is 10.5. The van der Waals surface area contributed by atoms with E-state index in [1.807, 2.05) is 12.1 Å². The summed E-state index contributed by atoms with van der Waals surface area (Å²) in [5.41, 5.74) is 16.9. The molecule has 0 unspecified atom stereocenters. The maximum Gasteiger partial charge on any atom is 0.136 e. The molecule has 0 atom stereocenters. The van der Waals surface area contributed by atoms with Gasteiger partial charge in [-0.05, 0) is 136 Å². The third-order valence-electron chi connectivity index (χ3n) is 13.7. The lowest BCUT2D eigenvalue weighted by Crippen LogP contribution is -2.10. The summed E-state index contributed by atoms with van der Waals surface area (Å²) in [6.07, 6.45) is 0. The molecule has 13 rings (SSSR count). The minimum atomic E-state index is 0.894. The zero-order valence-corrected chi connectivity index (χ0v) is 37.2. The summed E-state index contributed by atoms with van der Waals surface area (Å²) in [6.45, 7) is 0. The molecule has 318 valence electrons. The Morgan fingerprint density at radius 1 is 0.250 bits per heavy atom. The Morgan fingerprint density at radius 2 is 0.706 bits per heavy atom. The molecule has 0 bridgehead atoms. The van der Waals surface area contributed by atoms with E-state index in [0.29, 0.717) is 0 Å². The van der Waals surface area contributed by atoms with Crippen LogP contribution >= 0.6 is 0 Å². The van der Waals surface area contributed by atoms with Crippen LogP contribution < -0.4 is 4.90 Å². The van der Waals surface area contributed by atoms with Crippen molar-refractivity contribution >= 4 is 71.3 Å². The molecule has 12 aromatic carbocycles. The highest BCUT2D eigenvalue weighted by Gasteiger charge is 2.21. The van der Waals surface area contributed by atoms with E-state index in [2.05, 4.69) is 254 Å². The molecule has 1 aromatic heterocycles. The zero-order chi connectivity index (χ0) is 45.0. The normalized spacial score (nSPS) is 11.5. The molecular weight excluding hydrogens is 823 g/mol. The van der Waals surface area contributed by atoms with Gasteiger partial charge >= 0.3 is 0 Å². The zero-order valence-electron chi connectivity index (χ0n) is 37.2. The van der Waals surface area contributed by atoms with Crippen molar-refractivity contribution in [1.29, 1.82) is 0 Å². The molecule has 68 heavy (non-hydrogen) atoms. The largest absolute Gasteiger partial charge is 0.456 e. The van der Waals surface area contributed by atoms with E-state index >= 15 is 0 Å². The minimum absolute atomic E-state index is 0.894. The van der Waals surface area contributed by atoms with Gasteiger partial charge in [-0.15, -0.1) is 0 Å². The lowest BCUT2D eigenvalue weighted by atomic mass is 9.85. The van der Waals surface area contributed by atoms with Gasteiger partial charge < -0.3 is 9.32 Å². The maximum atomic E-state index is 6.30. The molecule has 0 N–H and O–H groups in total. The second-order valence-corrected chi connectivity index (χ2v) is 17.6. The summed E-state index contributed by atoms with van der Waals surface area (Å²) in [4.78, 5) is 2.39. The lowest BCUT2D eigenvalue weighted by Gasteiger charge is -2.27. The molecular formula is C66H43NO. The molecule has 0 aliphatic heterocycles. The first-order chi connectivity index (χ1) is 33.7. The first-order valence-corrected chi connectivity index (χ1v) is 23.3. The number of hydrogen-bond donors (Lipinski definition) is 0. The van der Waals surface area contributed by atoms with Crippen molar-refractivity contribution in [2.75, 3.05) is 4.90 Å². The van der Waals surface area contributed by atoms with E-state index in [4.69, 9.17) is 4.42 Å². The van der Waals surface area contributed by atoms with Crippen molar-refractivity contribution < 1.29 is 4.42 Å². The number of hydrogen-bond acceptors (Lipinski definition) is 2. The van der Waals surface area contributed by atoms with Crippen molar-refractivity contribution in [1.82, 2.24) is 0 Å². The van der Waals surface area contributed by atoms with Crippen LogP contribution in [-0.4, -0.2) is 0 Å². The van der Waals surface area contributed by atoms with Gasteiger partial charge in [0, 0.05) is 27.8 Å². The molecule has 0 saturated heterocycles. The first-order valence-electron chi connectivity index (χ1n) is 23.3. The molecule has 0 fully saturated rings. The number of anilines is 3. The maximum absolute atomic E-state index is 6.30. The van der Waals surface area contributed by atoms with Gasteiger partial charge in [-0.2, -0.15) is 0 Å². The van der Waals surface area contributed by atoms with E-state index in [0.717, 1.165) is 61.3 Å². The van der Waals surface area contributed by atoms with Gasteiger partial charge in [0.2, 0.25) is 0 Å². The molecule has 0 aliphatic carbocycles. The molecule has 2 heteroatoms. The smallest absolute Gasteiger partial charge is 0.136 e. The predicted octanol–water partition coefficient (Wildman–Crippen LogP) is 18.9. The Bertz CT molecular complexity index is 3990. The molecule has 0 aliphatic rings. The van der Waals surface area contributed by atoms with Gasteiger partial charge in [0.15, 0.2) is 0 Å². The van der Waals surface area contributed by atoms with E-state index in [9.17, 15) is 0 Å².